The van der Waals surface area contributed by atoms with Gasteiger partial charge in [0.05, 0.1) is 0 Å². The summed E-state index contributed by atoms with van der Waals surface area (Å²) in [6.45, 7) is 12.9. The second kappa shape index (κ2) is 24.4. The number of rotatable bonds is 25. The maximum absolute atomic E-state index is 6.19. The predicted octanol–water partition coefficient (Wildman–Crippen LogP) is 11.2. The van der Waals surface area contributed by atoms with Crippen LogP contribution in [0.4, 0.5) is 0 Å². The fourth-order valence-electron chi connectivity index (χ4n) is 4.92. The molecule has 1 aromatic rings. The van der Waals surface area contributed by atoms with Gasteiger partial charge in [-0.15, -0.1) is 0 Å². The van der Waals surface area contributed by atoms with E-state index in [0.717, 1.165) is 32.5 Å². The first-order valence-electron chi connectivity index (χ1n) is 15.9. The summed E-state index contributed by atoms with van der Waals surface area (Å²) in [6, 6.07) is 2.34. The van der Waals surface area contributed by atoms with Crippen LogP contribution in [0.2, 0.25) is 0 Å². The van der Waals surface area contributed by atoms with Crippen LogP contribution >= 0.6 is 19.2 Å². The summed E-state index contributed by atoms with van der Waals surface area (Å²) in [6.07, 6.45) is 27.0. The molecule has 38 heavy (non-hydrogen) atoms. The van der Waals surface area contributed by atoms with E-state index in [0.29, 0.717) is 7.93 Å². The first kappa shape index (κ1) is 35.6. The Balaban J connectivity index is 2.22. The van der Waals surface area contributed by atoms with Gasteiger partial charge in [-0.1, -0.05) is 95.0 Å². The van der Waals surface area contributed by atoms with Gasteiger partial charge in [0.2, 0.25) is 0 Å². The Morgan fingerprint density at radius 1 is 0.684 bits per heavy atom. The fraction of sp³-hybridized carbons (Fsp3) is 0.765. The van der Waals surface area contributed by atoms with Gasteiger partial charge < -0.3 is 9.47 Å². The van der Waals surface area contributed by atoms with Gasteiger partial charge >= 0.3 is 0 Å². The monoisotopic (exact) mass is 566 g/mol. The Labute approximate surface area is 243 Å². The maximum atomic E-state index is 6.19. The van der Waals surface area contributed by atoms with Gasteiger partial charge in [-0.25, -0.2) is 0 Å². The van der Waals surface area contributed by atoms with E-state index in [4.69, 9.17) is 20.7 Å². The van der Waals surface area contributed by atoms with E-state index in [-0.39, 0.29) is 6.29 Å². The summed E-state index contributed by atoms with van der Waals surface area (Å²) in [5.74, 6) is 0. The molecule has 1 atom stereocenters. The number of halogens is 1. The molecule has 2 nitrogen and oxygen atoms in total. The molecule has 1 aromatic carbocycles. The molecule has 1 unspecified atom stereocenters. The van der Waals surface area contributed by atoms with Crippen LogP contribution in [-0.4, -0.2) is 19.5 Å². The minimum Gasteiger partial charge on any atom is -0.353 e. The highest BCUT2D eigenvalue weighted by molar-refractivity contribution is 7.75. The topological polar surface area (TPSA) is 18.5 Å². The number of hydrogen-bond acceptors (Lipinski definition) is 2. The quantitative estimate of drug-likeness (QED) is 0.0507. The zero-order chi connectivity index (χ0) is 27.8. The van der Waals surface area contributed by atoms with E-state index in [1.165, 1.54) is 124 Å². The number of allylic oxidation sites excluding steroid dienone is 2. The van der Waals surface area contributed by atoms with Crippen LogP contribution in [0.1, 0.15) is 145 Å². The summed E-state index contributed by atoms with van der Waals surface area (Å²) in [5.41, 5.74) is 5.71. The summed E-state index contributed by atoms with van der Waals surface area (Å²) < 4.78 is 12.3. The molecule has 0 spiro atoms. The standard InChI is InChI=1S/C34H60ClO2P/c1-6-8-10-18-22-26-36-34(37-27-23-19-11-9-7-2)25-21-17-15-13-12-14-16-20-24-32-28-33(38-35)31(5)29(3)30(32)4/h12,14,28,34,38H,6-11,13,15-27H2,1-5H3/b14-12+. The molecule has 1 rings (SSSR count). The van der Waals surface area contributed by atoms with Crippen LogP contribution in [0.3, 0.4) is 0 Å². The van der Waals surface area contributed by atoms with Gasteiger partial charge in [0.15, 0.2) is 6.29 Å². The Kier molecular flexibility index (Phi) is 22.9. The fourth-order valence-corrected chi connectivity index (χ4v) is 6.07. The summed E-state index contributed by atoms with van der Waals surface area (Å²) in [7, 11) is 0.362. The van der Waals surface area contributed by atoms with E-state index in [9.17, 15) is 0 Å². The molecule has 0 fully saturated rings. The molecule has 0 bridgehead atoms. The first-order chi connectivity index (χ1) is 18.5. The van der Waals surface area contributed by atoms with E-state index in [1.807, 2.05) is 0 Å². The Hall–Kier alpha value is -0.400. The molecular formula is C34H60ClO2P. The summed E-state index contributed by atoms with van der Waals surface area (Å²) in [4.78, 5) is 0. The molecule has 220 valence electrons. The highest BCUT2D eigenvalue weighted by Gasteiger charge is 2.10. The smallest absolute Gasteiger partial charge is 0.157 e. The number of ether oxygens (including phenoxy) is 2. The predicted molar refractivity (Wildman–Crippen MR) is 173 cm³/mol. The van der Waals surface area contributed by atoms with Crippen LogP contribution in [0, 0.1) is 20.8 Å². The van der Waals surface area contributed by atoms with Crippen molar-refractivity contribution < 1.29 is 9.47 Å². The van der Waals surface area contributed by atoms with Gasteiger partial charge in [0.1, 0.15) is 0 Å². The molecule has 0 N–H and O–H groups in total. The molecule has 4 heteroatoms. The molecule has 0 aliphatic heterocycles. The third-order valence-corrected chi connectivity index (χ3v) is 9.16. The van der Waals surface area contributed by atoms with Gasteiger partial charge in [-0.05, 0) is 112 Å². The highest BCUT2D eigenvalue weighted by Crippen LogP contribution is 2.25. The van der Waals surface area contributed by atoms with Crippen LogP contribution in [0.25, 0.3) is 0 Å². The zero-order valence-corrected chi connectivity index (χ0v) is 27.4. The molecule has 0 saturated carbocycles. The average Bonchev–Trinajstić information content (AvgIpc) is 2.92. The van der Waals surface area contributed by atoms with Gasteiger partial charge in [0.25, 0.3) is 0 Å². The van der Waals surface area contributed by atoms with Crippen LogP contribution in [-0.2, 0) is 15.9 Å². The largest absolute Gasteiger partial charge is 0.353 e. The molecule has 0 heterocycles. The Morgan fingerprint density at radius 3 is 1.82 bits per heavy atom. The average molecular weight is 567 g/mol. The van der Waals surface area contributed by atoms with Gasteiger partial charge in [0, 0.05) is 21.1 Å². The van der Waals surface area contributed by atoms with E-state index >= 15 is 0 Å². The Morgan fingerprint density at radius 2 is 1.24 bits per heavy atom. The van der Waals surface area contributed by atoms with Crippen molar-refractivity contribution in [2.45, 2.75) is 156 Å². The zero-order valence-electron chi connectivity index (χ0n) is 25.6. The van der Waals surface area contributed by atoms with E-state index in [1.54, 1.807) is 0 Å². The third-order valence-electron chi connectivity index (χ3n) is 7.83. The van der Waals surface area contributed by atoms with Crippen molar-refractivity contribution in [2.75, 3.05) is 13.2 Å². The minimum absolute atomic E-state index is 0.00314. The molecule has 0 amide bonds. The second-order valence-corrected chi connectivity index (χ2v) is 12.3. The van der Waals surface area contributed by atoms with Crippen molar-refractivity contribution in [1.82, 2.24) is 0 Å². The molecule has 0 aliphatic carbocycles. The second-order valence-electron chi connectivity index (χ2n) is 11.1. The number of hydrogen-bond donors (Lipinski definition) is 0. The number of unbranched alkanes of at least 4 members (excludes halogenated alkanes) is 12. The van der Waals surface area contributed by atoms with Crippen LogP contribution in [0.5, 0.6) is 0 Å². The number of benzene rings is 1. The molecular weight excluding hydrogens is 507 g/mol. The lowest BCUT2D eigenvalue weighted by atomic mass is 9.95. The molecule has 0 radical (unpaired) electrons. The highest BCUT2D eigenvalue weighted by atomic mass is 35.7. The molecule has 0 saturated heterocycles. The minimum atomic E-state index is -0.00314. The first-order valence-corrected chi connectivity index (χ1v) is 17.9. The lowest BCUT2D eigenvalue weighted by molar-refractivity contribution is -0.148. The lowest BCUT2D eigenvalue weighted by Crippen LogP contribution is -2.19. The van der Waals surface area contributed by atoms with Crippen molar-refractivity contribution in [3.63, 3.8) is 0 Å². The van der Waals surface area contributed by atoms with Gasteiger partial charge in [-0.2, -0.15) is 0 Å². The van der Waals surface area contributed by atoms with Gasteiger partial charge in [-0.3, -0.25) is 0 Å². The molecule has 0 aromatic heterocycles. The maximum Gasteiger partial charge on any atom is 0.157 e. The van der Waals surface area contributed by atoms with Crippen molar-refractivity contribution >= 4 is 24.5 Å². The summed E-state index contributed by atoms with van der Waals surface area (Å²) in [5, 5.41) is 1.32. The summed E-state index contributed by atoms with van der Waals surface area (Å²) >= 11 is 6.19. The van der Waals surface area contributed by atoms with Crippen molar-refractivity contribution in [3.05, 3.63) is 40.5 Å². The van der Waals surface area contributed by atoms with Crippen LogP contribution in [0.15, 0.2) is 18.2 Å². The van der Waals surface area contributed by atoms with Crippen molar-refractivity contribution in [1.29, 1.82) is 0 Å². The third kappa shape index (κ3) is 16.6. The SMILES string of the molecule is CCCCCCCOC(CCCCC/C=C/CCCc1cc(PCl)c(C)c(C)c1C)OCCCCCCC. The number of aryl methyl sites for hydroxylation is 1. The van der Waals surface area contributed by atoms with E-state index in [2.05, 4.69) is 52.8 Å². The lowest BCUT2D eigenvalue weighted by Gasteiger charge is -2.19. The Bertz CT molecular complexity index is 718. The van der Waals surface area contributed by atoms with Crippen molar-refractivity contribution in [2.24, 2.45) is 0 Å². The van der Waals surface area contributed by atoms with E-state index < -0.39 is 0 Å². The molecule has 0 aliphatic rings. The van der Waals surface area contributed by atoms with Crippen molar-refractivity contribution in [3.8, 4) is 0 Å². The normalized spacial score (nSPS) is 12.2. The van der Waals surface area contributed by atoms with Crippen LogP contribution < -0.4 is 5.30 Å².